The van der Waals surface area contributed by atoms with Crippen molar-refractivity contribution in [3.63, 3.8) is 0 Å². The van der Waals surface area contributed by atoms with Gasteiger partial charge >= 0.3 is 0 Å². The predicted octanol–water partition coefficient (Wildman–Crippen LogP) is 2.79. The lowest BCUT2D eigenvalue weighted by Gasteiger charge is -2.35. The van der Waals surface area contributed by atoms with Gasteiger partial charge in [0, 0.05) is 24.3 Å². The number of aliphatic hydroxyl groups excluding tert-OH is 1. The molecule has 1 fully saturated rings. The second-order valence-corrected chi connectivity index (χ2v) is 6.00. The number of likely N-dealkylation sites (N-methyl/N-ethyl adjacent to an activating group) is 1. The van der Waals surface area contributed by atoms with Gasteiger partial charge in [0.05, 0.1) is 6.61 Å². The summed E-state index contributed by atoms with van der Waals surface area (Å²) in [7, 11) is 1.94. The summed E-state index contributed by atoms with van der Waals surface area (Å²) in [5, 5.41) is 13.1. The van der Waals surface area contributed by atoms with Gasteiger partial charge in [0.15, 0.2) is 0 Å². The molecule has 0 saturated heterocycles. The van der Waals surface area contributed by atoms with E-state index in [1.165, 1.54) is 6.07 Å². The monoisotopic (exact) mass is 294 g/mol. The van der Waals surface area contributed by atoms with Crippen LogP contribution in [-0.4, -0.2) is 37.4 Å². The zero-order chi connectivity index (χ0) is 15.3. The summed E-state index contributed by atoms with van der Waals surface area (Å²) >= 11 is 0. The van der Waals surface area contributed by atoms with E-state index in [4.69, 9.17) is 0 Å². The lowest BCUT2D eigenvalue weighted by Crippen LogP contribution is -2.50. The first-order valence-electron chi connectivity index (χ1n) is 7.95. The maximum Gasteiger partial charge on any atom is 0.125 e. The average molecular weight is 294 g/mol. The van der Waals surface area contributed by atoms with E-state index >= 15 is 0 Å². The minimum absolute atomic E-state index is 0.124. The highest BCUT2D eigenvalue weighted by Crippen LogP contribution is 2.37. The minimum Gasteiger partial charge on any atom is -0.394 e. The SMILES string of the molecule is CCN(CCC1CCCC1(CO)NC)c1cccc(F)c1. The molecule has 4 heteroatoms. The van der Waals surface area contributed by atoms with E-state index in [0.717, 1.165) is 44.5 Å². The average Bonchev–Trinajstić information content (AvgIpc) is 2.91. The largest absolute Gasteiger partial charge is 0.394 e. The molecule has 1 aliphatic rings. The van der Waals surface area contributed by atoms with Crippen LogP contribution < -0.4 is 10.2 Å². The standard InChI is InChI=1S/C17H27FN2O/c1-3-20(16-8-4-7-15(18)12-16)11-9-14-6-5-10-17(14,13-21)19-2/h4,7-8,12,14,19,21H,3,5-6,9-11,13H2,1-2H3. The van der Waals surface area contributed by atoms with Crippen LogP contribution in [0.2, 0.25) is 0 Å². The van der Waals surface area contributed by atoms with Gasteiger partial charge in [-0.2, -0.15) is 0 Å². The van der Waals surface area contributed by atoms with Gasteiger partial charge in [-0.25, -0.2) is 4.39 Å². The van der Waals surface area contributed by atoms with E-state index in [0.29, 0.717) is 5.92 Å². The topological polar surface area (TPSA) is 35.5 Å². The number of rotatable bonds is 7. The third kappa shape index (κ3) is 3.55. The summed E-state index contributed by atoms with van der Waals surface area (Å²) in [4.78, 5) is 2.21. The summed E-state index contributed by atoms with van der Waals surface area (Å²) in [5.41, 5.74) is 0.816. The Balaban J connectivity index is 2.00. The summed E-state index contributed by atoms with van der Waals surface area (Å²) in [6, 6.07) is 6.79. The highest BCUT2D eigenvalue weighted by Gasteiger charge is 2.40. The molecule has 0 heterocycles. The normalized spacial score (nSPS) is 25.2. The molecule has 0 spiro atoms. The van der Waals surface area contributed by atoms with Crippen molar-refractivity contribution in [3.8, 4) is 0 Å². The van der Waals surface area contributed by atoms with Crippen molar-refractivity contribution in [3.05, 3.63) is 30.1 Å². The Morgan fingerprint density at radius 3 is 2.90 bits per heavy atom. The molecular formula is C17H27FN2O. The number of hydrogen-bond donors (Lipinski definition) is 2. The summed E-state index contributed by atoms with van der Waals surface area (Å²) in [5.74, 6) is 0.293. The van der Waals surface area contributed by atoms with E-state index in [1.807, 2.05) is 13.1 Å². The quantitative estimate of drug-likeness (QED) is 0.812. The lowest BCUT2D eigenvalue weighted by molar-refractivity contribution is 0.128. The molecule has 2 rings (SSSR count). The van der Waals surface area contributed by atoms with Crippen LogP contribution in [0, 0.1) is 11.7 Å². The fraction of sp³-hybridized carbons (Fsp3) is 0.647. The Labute approximate surface area is 127 Å². The maximum atomic E-state index is 13.4. The van der Waals surface area contributed by atoms with E-state index < -0.39 is 0 Å². The van der Waals surface area contributed by atoms with Crippen LogP contribution in [0.3, 0.4) is 0 Å². The molecule has 0 radical (unpaired) electrons. The molecule has 2 unspecified atom stereocenters. The first-order valence-corrected chi connectivity index (χ1v) is 7.95. The van der Waals surface area contributed by atoms with Crippen LogP contribution >= 0.6 is 0 Å². The molecule has 0 bridgehead atoms. The fourth-order valence-corrected chi connectivity index (χ4v) is 3.64. The van der Waals surface area contributed by atoms with Crippen molar-refractivity contribution in [2.75, 3.05) is 31.6 Å². The number of aliphatic hydroxyl groups is 1. The third-order valence-corrected chi connectivity index (χ3v) is 5.04. The van der Waals surface area contributed by atoms with E-state index in [1.54, 1.807) is 12.1 Å². The van der Waals surface area contributed by atoms with Crippen molar-refractivity contribution >= 4 is 5.69 Å². The summed E-state index contributed by atoms with van der Waals surface area (Å²) in [6.07, 6.45) is 4.38. The highest BCUT2D eigenvalue weighted by molar-refractivity contribution is 5.46. The predicted molar refractivity (Wildman–Crippen MR) is 85.1 cm³/mol. The molecule has 2 atom stereocenters. The molecular weight excluding hydrogens is 267 g/mol. The van der Waals surface area contributed by atoms with Crippen molar-refractivity contribution in [1.82, 2.24) is 5.32 Å². The molecule has 0 aliphatic heterocycles. The van der Waals surface area contributed by atoms with Crippen LogP contribution in [-0.2, 0) is 0 Å². The summed E-state index contributed by atoms with van der Waals surface area (Å²) in [6.45, 7) is 4.05. The molecule has 1 saturated carbocycles. The van der Waals surface area contributed by atoms with E-state index in [-0.39, 0.29) is 18.0 Å². The Morgan fingerprint density at radius 2 is 2.29 bits per heavy atom. The molecule has 3 nitrogen and oxygen atoms in total. The van der Waals surface area contributed by atoms with Crippen LogP contribution in [0.1, 0.15) is 32.6 Å². The van der Waals surface area contributed by atoms with Crippen LogP contribution in [0.4, 0.5) is 10.1 Å². The Morgan fingerprint density at radius 1 is 1.48 bits per heavy atom. The number of benzene rings is 1. The number of nitrogens with one attached hydrogen (secondary N) is 1. The van der Waals surface area contributed by atoms with Crippen molar-refractivity contribution in [1.29, 1.82) is 0 Å². The molecule has 118 valence electrons. The second-order valence-electron chi connectivity index (χ2n) is 6.00. The number of anilines is 1. The number of nitrogens with zero attached hydrogens (tertiary/aromatic N) is 1. The van der Waals surface area contributed by atoms with E-state index in [2.05, 4.69) is 17.1 Å². The molecule has 0 aromatic heterocycles. The Bertz CT molecular complexity index is 448. The van der Waals surface area contributed by atoms with Crippen LogP contribution in [0.15, 0.2) is 24.3 Å². The molecule has 1 aromatic carbocycles. The molecule has 21 heavy (non-hydrogen) atoms. The van der Waals surface area contributed by atoms with Gasteiger partial charge in [-0.1, -0.05) is 12.5 Å². The minimum atomic E-state index is -0.188. The first kappa shape index (κ1) is 16.2. The molecule has 0 amide bonds. The van der Waals surface area contributed by atoms with Gasteiger partial charge in [-0.15, -0.1) is 0 Å². The molecule has 1 aliphatic carbocycles. The third-order valence-electron chi connectivity index (χ3n) is 5.04. The highest BCUT2D eigenvalue weighted by atomic mass is 19.1. The van der Waals surface area contributed by atoms with Gasteiger partial charge < -0.3 is 15.3 Å². The second kappa shape index (κ2) is 7.23. The zero-order valence-electron chi connectivity index (χ0n) is 13.1. The lowest BCUT2D eigenvalue weighted by atomic mass is 9.85. The van der Waals surface area contributed by atoms with Gasteiger partial charge in [0.25, 0.3) is 0 Å². The van der Waals surface area contributed by atoms with Crippen molar-refractivity contribution in [2.24, 2.45) is 5.92 Å². The van der Waals surface area contributed by atoms with Crippen LogP contribution in [0.5, 0.6) is 0 Å². The summed E-state index contributed by atoms with van der Waals surface area (Å²) < 4.78 is 13.4. The maximum absolute atomic E-state index is 13.4. The van der Waals surface area contributed by atoms with Crippen LogP contribution in [0.25, 0.3) is 0 Å². The van der Waals surface area contributed by atoms with Gasteiger partial charge in [-0.3, -0.25) is 0 Å². The molecule has 2 N–H and O–H groups in total. The smallest absolute Gasteiger partial charge is 0.125 e. The Hall–Kier alpha value is -1.13. The fourth-order valence-electron chi connectivity index (χ4n) is 3.64. The van der Waals surface area contributed by atoms with Gasteiger partial charge in [-0.05, 0) is 57.4 Å². The van der Waals surface area contributed by atoms with Gasteiger partial charge in [0.2, 0.25) is 0 Å². The number of hydrogen-bond acceptors (Lipinski definition) is 3. The molecule has 1 aromatic rings. The Kier molecular flexibility index (Phi) is 5.59. The van der Waals surface area contributed by atoms with Crippen molar-refractivity contribution in [2.45, 2.75) is 38.1 Å². The van der Waals surface area contributed by atoms with Gasteiger partial charge in [0.1, 0.15) is 5.82 Å². The zero-order valence-corrected chi connectivity index (χ0v) is 13.1. The van der Waals surface area contributed by atoms with Crippen molar-refractivity contribution < 1.29 is 9.50 Å². The number of halogens is 1. The van der Waals surface area contributed by atoms with E-state index in [9.17, 15) is 9.50 Å². The first-order chi connectivity index (χ1) is 10.1.